The highest BCUT2D eigenvalue weighted by Crippen LogP contribution is 2.21. The first-order valence-electron chi connectivity index (χ1n) is 10.0. The number of carbonyl (C=O) groups is 1. The number of anilines is 1. The summed E-state index contributed by atoms with van der Waals surface area (Å²) in [5.74, 6) is -0.458. The summed E-state index contributed by atoms with van der Waals surface area (Å²) >= 11 is 2.57. The van der Waals surface area contributed by atoms with E-state index in [4.69, 9.17) is 0 Å². The SMILES string of the molecule is O=C(Cc1ccccc1)Nc1nnc(CCCCCn2sc3c(F)cccc3c2=O)s1. The van der Waals surface area contributed by atoms with Crippen molar-refractivity contribution < 1.29 is 9.18 Å². The highest BCUT2D eigenvalue weighted by atomic mass is 32.1. The number of nitrogens with one attached hydrogen (secondary N) is 1. The van der Waals surface area contributed by atoms with Gasteiger partial charge in [-0.05, 0) is 30.5 Å². The maximum atomic E-state index is 13.8. The molecule has 0 aliphatic rings. The van der Waals surface area contributed by atoms with Crippen LogP contribution in [-0.4, -0.2) is 20.1 Å². The lowest BCUT2D eigenvalue weighted by molar-refractivity contribution is -0.115. The number of aryl methyl sites for hydroxylation is 2. The quantitative estimate of drug-likeness (QED) is 0.372. The molecule has 4 aromatic rings. The fourth-order valence-electron chi connectivity index (χ4n) is 3.26. The molecule has 0 fully saturated rings. The molecule has 1 amide bonds. The van der Waals surface area contributed by atoms with Gasteiger partial charge in [0.1, 0.15) is 10.8 Å². The van der Waals surface area contributed by atoms with Gasteiger partial charge >= 0.3 is 0 Å². The Morgan fingerprint density at radius 2 is 1.87 bits per heavy atom. The van der Waals surface area contributed by atoms with Crippen LogP contribution < -0.4 is 10.9 Å². The molecule has 0 aliphatic heterocycles. The van der Waals surface area contributed by atoms with E-state index in [0.29, 0.717) is 28.2 Å². The van der Waals surface area contributed by atoms with E-state index < -0.39 is 0 Å². The van der Waals surface area contributed by atoms with Gasteiger partial charge in [-0.2, -0.15) is 0 Å². The number of benzene rings is 2. The topological polar surface area (TPSA) is 76.9 Å². The van der Waals surface area contributed by atoms with Gasteiger partial charge in [0.2, 0.25) is 11.0 Å². The molecule has 0 bridgehead atoms. The van der Waals surface area contributed by atoms with Crippen molar-refractivity contribution in [3.63, 3.8) is 0 Å². The van der Waals surface area contributed by atoms with Gasteiger partial charge in [0.25, 0.3) is 5.56 Å². The van der Waals surface area contributed by atoms with Crippen molar-refractivity contribution in [2.75, 3.05) is 5.32 Å². The van der Waals surface area contributed by atoms with Crippen molar-refractivity contribution in [2.45, 2.75) is 38.6 Å². The molecular formula is C22H21FN4O2S2. The third-order valence-electron chi connectivity index (χ3n) is 4.80. The maximum Gasteiger partial charge on any atom is 0.268 e. The maximum absolute atomic E-state index is 13.8. The van der Waals surface area contributed by atoms with Crippen molar-refractivity contribution in [3.05, 3.63) is 75.3 Å². The number of unbranched alkanes of at least 4 members (excludes halogenated alkanes) is 2. The molecule has 0 spiro atoms. The average Bonchev–Trinajstić information content (AvgIpc) is 3.34. The van der Waals surface area contributed by atoms with Gasteiger partial charge in [-0.25, -0.2) is 4.39 Å². The van der Waals surface area contributed by atoms with E-state index in [1.807, 2.05) is 30.3 Å². The van der Waals surface area contributed by atoms with Gasteiger partial charge in [-0.1, -0.05) is 65.7 Å². The van der Waals surface area contributed by atoms with E-state index >= 15 is 0 Å². The Morgan fingerprint density at radius 1 is 1.03 bits per heavy atom. The van der Waals surface area contributed by atoms with Crippen molar-refractivity contribution >= 4 is 44.0 Å². The lowest BCUT2D eigenvalue weighted by Crippen LogP contribution is -2.14. The first-order chi connectivity index (χ1) is 15.1. The van der Waals surface area contributed by atoms with Crippen LogP contribution in [-0.2, 0) is 24.2 Å². The number of rotatable bonds is 9. The molecule has 160 valence electrons. The number of aromatic nitrogens is 3. The van der Waals surface area contributed by atoms with Crippen LogP contribution in [0.2, 0.25) is 0 Å². The Bertz CT molecular complexity index is 1230. The second kappa shape index (κ2) is 9.93. The predicted octanol–water partition coefficient (Wildman–Crippen LogP) is 4.65. The van der Waals surface area contributed by atoms with Crippen LogP contribution in [0, 0.1) is 5.82 Å². The highest BCUT2D eigenvalue weighted by molar-refractivity contribution is 7.15. The summed E-state index contributed by atoms with van der Waals surface area (Å²) in [4.78, 5) is 24.4. The van der Waals surface area contributed by atoms with E-state index in [0.717, 1.165) is 36.3 Å². The second-order valence-electron chi connectivity index (χ2n) is 7.14. The normalized spacial score (nSPS) is 11.1. The van der Waals surface area contributed by atoms with Gasteiger partial charge in [0.05, 0.1) is 16.5 Å². The zero-order chi connectivity index (χ0) is 21.6. The molecule has 0 aliphatic carbocycles. The molecule has 9 heteroatoms. The molecule has 2 heterocycles. The van der Waals surface area contributed by atoms with E-state index in [1.54, 1.807) is 16.1 Å². The number of hydrogen-bond acceptors (Lipinski definition) is 6. The molecular weight excluding hydrogens is 435 g/mol. The van der Waals surface area contributed by atoms with Gasteiger partial charge in [-0.3, -0.25) is 13.5 Å². The summed E-state index contributed by atoms with van der Waals surface area (Å²) in [7, 11) is 0. The summed E-state index contributed by atoms with van der Waals surface area (Å²) in [6, 6.07) is 14.2. The van der Waals surface area contributed by atoms with Crippen molar-refractivity contribution in [1.29, 1.82) is 0 Å². The van der Waals surface area contributed by atoms with Crippen LogP contribution in [0.3, 0.4) is 0 Å². The Hall–Kier alpha value is -2.91. The third-order valence-corrected chi connectivity index (χ3v) is 6.86. The monoisotopic (exact) mass is 456 g/mol. The summed E-state index contributed by atoms with van der Waals surface area (Å²) in [6.07, 6.45) is 3.71. The molecule has 0 atom stereocenters. The van der Waals surface area contributed by atoms with E-state index in [2.05, 4.69) is 15.5 Å². The second-order valence-corrected chi connectivity index (χ2v) is 9.23. The molecule has 0 saturated heterocycles. The zero-order valence-electron chi connectivity index (χ0n) is 16.7. The molecule has 2 aromatic carbocycles. The smallest absolute Gasteiger partial charge is 0.268 e. The Labute approximate surface area is 186 Å². The standard InChI is InChI=1S/C22H21FN4O2S2/c23-17-11-7-10-16-20(17)31-27(21(16)29)13-6-2-5-12-19-25-26-22(30-19)24-18(28)14-15-8-3-1-4-9-15/h1,3-4,7-11H,2,5-6,12-14H2,(H,24,26,28). The summed E-state index contributed by atoms with van der Waals surface area (Å²) in [5, 5.41) is 12.8. The summed E-state index contributed by atoms with van der Waals surface area (Å²) < 4.78 is 15.9. The first-order valence-corrected chi connectivity index (χ1v) is 11.6. The summed E-state index contributed by atoms with van der Waals surface area (Å²) in [5.41, 5.74) is 0.824. The highest BCUT2D eigenvalue weighted by Gasteiger charge is 2.11. The number of hydrogen-bond donors (Lipinski definition) is 1. The van der Waals surface area contributed by atoms with Gasteiger partial charge in [-0.15, -0.1) is 10.2 Å². The van der Waals surface area contributed by atoms with Crippen LogP contribution in [0.1, 0.15) is 29.8 Å². The van der Waals surface area contributed by atoms with Crippen molar-refractivity contribution in [1.82, 2.24) is 14.2 Å². The van der Waals surface area contributed by atoms with E-state index in [9.17, 15) is 14.0 Å². The largest absolute Gasteiger partial charge is 0.300 e. The van der Waals surface area contributed by atoms with Crippen LogP contribution in [0.4, 0.5) is 9.52 Å². The van der Waals surface area contributed by atoms with E-state index in [1.165, 1.54) is 28.9 Å². The minimum absolute atomic E-state index is 0.112. The molecule has 0 saturated carbocycles. The van der Waals surface area contributed by atoms with Gasteiger partial charge < -0.3 is 5.32 Å². The minimum Gasteiger partial charge on any atom is -0.300 e. The van der Waals surface area contributed by atoms with Crippen molar-refractivity contribution in [2.24, 2.45) is 0 Å². The van der Waals surface area contributed by atoms with Crippen LogP contribution >= 0.6 is 22.9 Å². The molecule has 0 unspecified atom stereocenters. The molecule has 6 nitrogen and oxygen atoms in total. The van der Waals surface area contributed by atoms with Gasteiger partial charge in [0, 0.05) is 13.0 Å². The van der Waals surface area contributed by atoms with Crippen molar-refractivity contribution in [3.8, 4) is 0 Å². The molecule has 0 radical (unpaired) electrons. The Morgan fingerprint density at radius 3 is 2.68 bits per heavy atom. The number of amides is 1. The predicted molar refractivity (Wildman–Crippen MR) is 122 cm³/mol. The van der Waals surface area contributed by atoms with Crippen LogP contribution in [0.25, 0.3) is 10.1 Å². The number of halogens is 1. The molecule has 4 rings (SSSR count). The lowest BCUT2D eigenvalue weighted by atomic mass is 10.1. The van der Waals surface area contributed by atoms with Crippen LogP contribution in [0.15, 0.2) is 53.3 Å². The molecule has 2 aromatic heterocycles. The average molecular weight is 457 g/mol. The first kappa shape index (κ1) is 21.3. The fourth-order valence-corrected chi connectivity index (χ4v) is 5.09. The third kappa shape index (κ3) is 5.42. The fraction of sp³-hybridized carbons (Fsp3) is 0.273. The van der Waals surface area contributed by atoms with E-state index in [-0.39, 0.29) is 17.3 Å². The van der Waals surface area contributed by atoms with Gasteiger partial charge in [0.15, 0.2) is 0 Å². The number of nitrogens with zero attached hydrogens (tertiary/aromatic N) is 3. The molecule has 31 heavy (non-hydrogen) atoms. The number of fused-ring (bicyclic) bond motifs is 1. The molecule has 1 N–H and O–H groups in total. The minimum atomic E-state index is -0.346. The number of carbonyl (C=O) groups excluding carboxylic acids is 1. The summed E-state index contributed by atoms with van der Waals surface area (Å²) in [6.45, 7) is 0.578. The zero-order valence-corrected chi connectivity index (χ0v) is 18.3. The Kier molecular flexibility index (Phi) is 6.83. The lowest BCUT2D eigenvalue weighted by Gasteiger charge is -2.01. The Balaban J connectivity index is 1.21. The van der Waals surface area contributed by atoms with Crippen LogP contribution in [0.5, 0.6) is 0 Å².